The molecule has 0 radical (unpaired) electrons. The standard InChI is InChI=1S/C29H49NO3Si/c1-8-9-11-18-27(32-23-24-15-12-10-13-16-24)22-26-20-19-25(17-14-21-34(5,6)7)30(26)28(31)33-29(2,3)4/h10,12-16,21,25-27H,8-9,11,17-20,22-23H2,1-7H3/b21-14+/t25-,26-,27-/m0/s1. The highest BCUT2D eigenvalue weighted by molar-refractivity contribution is 6.80. The topological polar surface area (TPSA) is 38.8 Å². The van der Waals surface area contributed by atoms with Crippen LogP contribution in [0.3, 0.4) is 0 Å². The molecular weight excluding hydrogens is 438 g/mol. The molecule has 1 saturated heterocycles. The van der Waals surface area contributed by atoms with Gasteiger partial charge in [0.2, 0.25) is 0 Å². The molecule has 1 aromatic carbocycles. The average molecular weight is 488 g/mol. The molecule has 1 heterocycles. The zero-order valence-electron chi connectivity index (χ0n) is 22.8. The number of carbonyl (C=O) groups is 1. The fraction of sp³-hybridized carbons (Fsp3) is 0.690. The number of ether oxygens (including phenoxy) is 2. The Kier molecular flexibility index (Phi) is 11.4. The summed E-state index contributed by atoms with van der Waals surface area (Å²) in [4.78, 5) is 15.4. The number of carbonyl (C=O) groups excluding carboxylic acids is 1. The molecule has 0 bridgehead atoms. The van der Waals surface area contributed by atoms with Gasteiger partial charge < -0.3 is 14.4 Å². The third-order valence-electron chi connectivity index (χ3n) is 6.24. The molecule has 2 rings (SSSR count). The van der Waals surface area contributed by atoms with Crippen molar-refractivity contribution in [1.29, 1.82) is 0 Å². The van der Waals surface area contributed by atoms with Crippen LogP contribution in [-0.2, 0) is 16.1 Å². The second-order valence-electron chi connectivity index (χ2n) is 11.9. The highest BCUT2D eigenvalue weighted by atomic mass is 28.3. The number of nitrogens with zero attached hydrogens (tertiary/aromatic N) is 1. The van der Waals surface area contributed by atoms with Gasteiger partial charge in [-0.2, -0.15) is 0 Å². The van der Waals surface area contributed by atoms with E-state index < -0.39 is 13.7 Å². The lowest BCUT2D eigenvalue weighted by Gasteiger charge is -2.34. The van der Waals surface area contributed by atoms with Crippen LogP contribution in [0.15, 0.2) is 42.1 Å². The SMILES string of the molecule is CCCCC[C@@H](C[C@@H]1CC[C@H](C/C=C/[Si](C)(C)C)N1C(=O)OC(C)(C)C)OCc1ccccc1. The molecule has 1 aromatic rings. The van der Waals surface area contributed by atoms with Crippen molar-refractivity contribution in [3.05, 3.63) is 47.7 Å². The Bertz CT molecular complexity index is 751. The zero-order chi connectivity index (χ0) is 25.2. The summed E-state index contributed by atoms with van der Waals surface area (Å²) in [5.74, 6) is 0. The minimum atomic E-state index is -1.26. The van der Waals surface area contributed by atoms with Crippen molar-refractivity contribution in [2.24, 2.45) is 0 Å². The van der Waals surface area contributed by atoms with Crippen molar-refractivity contribution >= 4 is 14.2 Å². The smallest absolute Gasteiger partial charge is 0.410 e. The second kappa shape index (κ2) is 13.5. The number of amides is 1. The molecule has 0 spiro atoms. The quantitative estimate of drug-likeness (QED) is 0.221. The van der Waals surface area contributed by atoms with Crippen LogP contribution in [0, 0.1) is 0 Å². The maximum atomic E-state index is 13.3. The highest BCUT2D eigenvalue weighted by Crippen LogP contribution is 2.33. The molecule has 0 aliphatic carbocycles. The van der Waals surface area contributed by atoms with E-state index in [-0.39, 0.29) is 24.3 Å². The highest BCUT2D eigenvalue weighted by Gasteiger charge is 2.39. The molecule has 3 atom stereocenters. The zero-order valence-corrected chi connectivity index (χ0v) is 23.8. The van der Waals surface area contributed by atoms with Crippen molar-refractivity contribution in [1.82, 2.24) is 4.90 Å². The molecule has 0 aromatic heterocycles. The Balaban J connectivity index is 2.13. The van der Waals surface area contributed by atoms with Crippen LogP contribution < -0.4 is 0 Å². The summed E-state index contributed by atoms with van der Waals surface area (Å²) in [6.45, 7) is 15.7. The van der Waals surface area contributed by atoms with Gasteiger partial charge in [-0.3, -0.25) is 0 Å². The van der Waals surface area contributed by atoms with E-state index in [9.17, 15) is 4.79 Å². The summed E-state index contributed by atoms with van der Waals surface area (Å²) in [5.41, 5.74) is 3.10. The van der Waals surface area contributed by atoms with E-state index >= 15 is 0 Å². The number of benzene rings is 1. The fourth-order valence-corrected chi connectivity index (χ4v) is 5.44. The van der Waals surface area contributed by atoms with Gasteiger partial charge >= 0.3 is 6.09 Å². The second-order valence-corrected chi connectivity index (χ2v) is 17.0. The van der Waals surface area contributed by atoms with E-state index in [0.717, 1.165) is 38.5 Å². The Morgan fingerprint density at radius 3 is 2.41 bits per heavy atom. The van der Waals surface area contributed by atoms with Gasteiger partial charge in [0.25, 0.3) is 0 Å². The molecule has 34 heavy (non-hydrogen) atoms. The van der Waals surface area contributed by atoms with Crippen LogP contribution in [0.1, 0.15) is 84.6 Å². The van der Waals surface area contributed by atoms with Crippen LogP contribution in [-0.4, -0.2) is 42.9 Å². The number of likely N-dealkylation sites (tertiary alicyclic amines) is 1. The van der Waals surface area contributed by atoms with E-state index in [1.165, 1.54) is 18.4 Å². The molecule has 0 unspecified atom stereocenters. The minimum absolute atomic E-state index is 0.151. The van der Waals surface area contributed by atoms with Gasteiger partial charge in [0.15, 0.2) is 0 Å². The summed E-state index contributed by atoms with van der Waals surface area (Å²) in [6.07, 6.45) is 10.7. The summed E-state index contributed by atoms with van der Waals surface area (Å²) < 4.78 is 12.3. The van der Waals surface area contributed by atoms with Crippen LogP contribution in [0.25, 0.3) is 0 Å². The summed E-state index contributed by atoms with van der Waals surface area (Å²) in [5, 5.41) is 0. The summed E-state index contributed by atoms with van der Waals surface area (Å²) >= 11 is 0. The van der Waals surface area contributed by atoms with Gasteiger partial charge in [-0.05, 0) is 58.4 Å². The normalized spacial score (nSPS) is 20.1. The first-order chi connectivity index (χ1) is 16.0. The Morgan fingerprint density at radius 1 is 1.12 bits per heavy atom. The predicted molar refractivity (Wildman–Crippen MR) is 146 cm³/mol. The molecule has 0 saturated carbocycles. The lowest BCUT2D eigenvalue weighted by Crippen LogP contribution is -2.45. The van der Waals surface area contributed by atoms with E-state index in [0.29, 0.717) is 6.61 Å². The van der Waals surface area contributed by atoms with Crippen molar-refractivity contribution < 1.29 is 14.3 Å². The van der Waals surface area contributed by atoms with E-state index in [1.807, 2.05) is 26.8 Å². The first-order valence-electron chi connectivity index (χ1n) is 13.3. The Morgan fingerprint density at radius 2 is 1.79 bits per heavy atom. The lowest BCUT2D eigenvalue weighted by molar-refractivity contribution is -0.00694. The number of hydrogen-bond acceptors (Lipinski definition) is 3. The van der Waals surface area contributed by atoms with Crippen molar-refractivity contribution in [3.63, 3.8) is 0 Å². The van der Waals surface area contributed by atoms with Gasteiger partial charge in [0.1, 0.15) is 5.60 Å². The van der Waals surface area contributed by atoms with E-state index in [2.05, 4.69) is 67.5 Å². The Hall–Kier alpha value is -1.59. The maximum absolute atomic E-state index is 13.3. The number of rotatable bonds is 12. The average Bonchev–Trinajstić information content (AvgIpc) is 3.13. The first-order valence-corrected chi connectivity index (χ1v) is 16.9. The van der Waals surface area contributed by atoms with Crippen molar-refractivity contribution in [2.45, 2.75) is 129 Å². The van der Waals surface area contributed by atoms with Gasteiger partial charge in [0.05, 0.1) is 20.8 Å². The van der Waals surface area contributed by atoms with Crippen LogP contribution in [0.5, 0.6) is 0 Å². The molecule has 4 nitrogen and oxygen atoms in total. The van der Waals surface area contributed by atoms with Crippen LogP contribution in [0.2, 0.25) is 19.6 Å². The molecule has 0 N–H and O–H groups in total. The third-order valence-corrected chi connectivity index (χ3v) is 7.48. The molecular formula is C29H49NO3Si. The molecule has 1 aliphatic heterocycles. The van der Waals surface area contributed by atoms with E-state index in [4.69, 9.17) is 9.47 Å². The lowest BCUT2D eigenvalue weighted by atomic mass is 10.0. The Labute approximate surface area is 210 Å². The molecule has 192 valence electrons. The van der Waals surface area contributed by atoms with Crippen molar-refractivity contribution in [3.8, 4) is 0 Å². The van der Waals surface area contributed by atoms with Crippen molar-refractivity contribution in [2.75, 3.05) is 0 Å². The molecule has 1 aliphatic rings. The number of unbranched alkanes of at least 4 members (excludes halogenated alkanes) is 2. The third kappa shape index (κ3) is 10.8. The largest absolute Gasteiger partial charge is 0.444 e. The van der Waals surface area contributed by atoms with Gasteiger partial charge in [-0.1, -0.05) is 87.9 Å². The van der Waals surface area contributed by atoms with Gasteiger partial charge in [0, 0.05) is 12.1 Å². The number of hydrogen-bond donors (Lipinski definition) is 0. The first kappa shape index (κ1) is 28.6. The summed E-state index contributed by atoms with van der Waals surface area (Å²) in [7, 11) is -1.26. The maximum Gasteiger partial charge on any atom is 0.410 e. The van der Waals surface area contributed by atoms with Crippen LogP contribution >= 0.6 is 0 Å². The van der Waals surface area contributed by atoms with Crippen LogP contribution in [0.4, 0.5) is 4.79 Å². The fourth-order valence-electron chi connectivity index (χ4n) is 4.60. The molecule has 1 amide bonds. The van der Waals surface area contributed by atoms with Gasteiger partial charge in [-0.25, -0.2) is 4.79 Å². The predicted octanol–water partition coefficient (Wildman–Crippen LogP) is 8.13. The summed E-state index contributed by atoms with van der Waals surface area (Å²) in [6, 6.07) is 10.8. The minimum Gasteiger partial charge on any atom is -0.444 e. The van der Waals surface area contributed by atoms with E-state index in [1.54, 1.807) is 0 Å². The van der Waals surface area contributed by atoms with Gasteiger partial charge in [-0.15, -0.1) is 0 Å². The molecule has 5 heteroatoms. The monoisotopic (exact) mass is 487 g/mol. The molecule has 1 fully saturated rings.